The monoisotopic (exact) mass is 298 g/mol. The lowest BCUT2D eigenvalue weighted by Crippen LogP contribution is -2.26. The molecule has 0 bridgehead atoms. The summed E-state index contributed by atoms with van der Waals surface area (Å²) in [6.45, 7) is 8.86. The Bertz CT molecular complexity index is 693. The van der Waals surface area contributed by atoms with Crippen molar-refractivity contribution >= 4 is 22.2 Å². The number of hydrogen-bond donors (Lipinski definition) is 0. The van der Waals surface area contributed by atoms with Gasteiger partial charge in [0.1, 0.15) is 0 Å². The Hall–Kier alpha value is -1.58. The summed E-state index contributed by atoms with van der Waals surface area (Å²) in [6.07, 6.45) is 2.21. The second kappa shape index (κ2) is 6.46. The van der Waals surface area contributed by atoms with Crippen LogP contribution < -0.4 is 0 Å². The zero-order chi connectivity index (χ0) is 14.7. The Labute approximate surface area is 130 Å². The van der Waals surface area contributed by atoms with Crippen molar-refractivity contribution < 1.29 is 0 Å². The van der Waals surface area contributed by atoms with Crippen molar-refractivity contribution in [1.82, 2.24) is 9.47 Å². The highest BCUT2D eigenvalue weighted by Gasteiger charge is 2.06. The lowest BCUT2D eigenvalue weighted by Gasteiger charge is -2.18. The van der Waals surface area contributed by atoms with Crippen LogP contribution in [0.25, 0.3) is 22.0 Å². The molecule has 0 aliphatic carbocycles. The van der Waals surface area contributed by atoms with E-state index < -0.39 is 0 Å². The lowest BCUT2D eigenvalue weighted by molar-refractivity contribution is 0.292. The normalized spacial score (nSPS) is 11.6. The summed E-state index contributed by atoms with van der Waals surface area (Å²) in [4.78, 5) is 2.47. The van der Waals surface area contributed by atoms with Gasteiger partial charge in [-0.3, -0.25) is 0 Å². The number of fused-ring (bicyclic) bond motifs is 1. The molecule has 0 atom stereocenters. The molecule has 3 aromatic rings. The Morgan fingerprint density at radius 1 is 1.05 bits per heavy atom. The van der Waals surface area contributed by atoms with E-state index in [0.29, 0.717) is 0 Å². The Balaban J connectivity index is 1.87. The van der Waals surface area contributed by atoms with Crippen LogP contribution >= 0.6 is 11.3 Å². The minimum atomic E-state index is 1.05. The van der Waals surface area contributed by atoms with Crippen molar-refractivity contribution in [2.45, 2.75) is 20.4 Å². The van der Waals surface area contributed by atoms with E-state index in [1.54, 1.807) is 11.3 Å². The third kappa shape index (κ3) is 3.04. The maximum absolute atomic E-state index is 2.47. The van der Waals surface area contributed by atoms with Gasteiger partial charge >= 0.3 is 0 Å². The predicted molar refractivity (Wildman–Crippen MR) is 93.0 cm³/mol. The van der Waals surface area contributed by atoms with Crippen molar-refractivity contribution in [3.8, 4) is 11.1 Å². The smallest absolute Gasteiger partial charge is 0.0486 e. The molecule has 0 amide bonds. The lowest BCUT2D eigenvalue weighted by atomic mass is 10.1. The van der Waals surface area contributed by atoms with Crippen LogP contribution in [0.3, 0.4) is 0 Å². The second-order valence-electron chi connectivity index (χ2n) is 5.32. The minimum absolute atomic E-state index is 1.05. The summed E-state index contributed by atoms with van der Waals surface area (Å²) in [5, 5.41) is 5.68. The fraction of sp³-hybridized carbons (Fsp3) is 0.333. The Kier molecular flexibility index (Phi) is 4.42. The molecule has 0 fully saturated rings. The summed E-state index contributed by atoms with van der Waals surface area (Å²) in [5.41, 5.74) is 3.97. The Morgan fingerprint density at radius 3 is 2.62 bits per heavy atom. The van der Waals surface area contributed by atoms with Crippen molar-refractivity contribution in [2.75, 3.05) is 19.6 Å². The highest BCUT2D eigenvalue weighted by atomic mass is 32.1. The largest absolute Gasteiger partial charge is 0.346 e. The molecule has 21 heavy (non-hydrogen) atoms. The molecule has 1 aromatic carbocycles. The van der Waals surface area contributed by atoms with Crippen molar-refractivity contribution in [1.29, 1.82) is 0 Å². The zero-order valence-corrected chi connectivity index (χ0v) is 13.6. The molecule has 2 nitrogen and oxygen atoms in total. The number of aromatic nitrogens is 1. The summed E-state index contributed by atoms with van der Waals surface area (Å²) in [6, 6.07) is 11.2. The molecule has 0 aliphatic rings. The van der Waals surface area contributed by atoms with E-state index in [0.717, 1.165) is 26.2 Å². The standard InChI is InChI=1S/C18H22N2S/c1-3-19(4-2)10-11-20-9-7-15-5-6-16(13-18(15)20)17-8-12-21-14-17/h5-9,12-14H,3-4,10-11H2,1-2H3. The first kappa shape index (κ1) is 14.4. The van der Waals surface area contributed by atoms with Gasteiger partial charge in [0.05, 0.1) is 0 Å². The molecule has 3 rings (SSSR count). The highest BCUT2D eigenvalue weighted by molar-refractivity contribution is 7.08. The van der Waals surface area contributed by atoms with Gasteiger partial charge in [0, 0.05) is 24.8 Å². The van der Waals surface area contributed by atoms with Gasteiger partial charge in [-0.1, -0.05) is 26.0 Å². The van der Waals surface area contributed by atoms with E-state index in [1.807, 2.05) is 0 Å². The van der Waals surface area contributed by atoms with E-state index in [1.165, 1.54) is 22.0 Å². The van der Waals surface area contributed by atoms with Gasteiger partial charge in [-0.25, -0.2) is 0 Å². The first-order chi connectivity index (χ1) is 10.3. The number of likely N-dealkylation sites (N-methyl/N-ethyl adjacent to an activating group) is 1. The van der Waals surface area contributed by atoms with Crippen LogP contribution in [0.15, 0.2) is 47.3 Å². The molecule has 0 aliphatic heterocycles. The number of hydrogen-bond acceptors (Lipinski definition) is 2. The molecule has 0 saturated heterocycles. The summed E-state index contributed by atoms with van der Waals surface area (Å²) < 4.78 is 2.38. The molecule has 0 saturated carbocycles. The maximum Gasteiger partial charge on any atom is 0.0486 e. The number of benzene rings is 1. The van der Waals surface area contributed by atoms with E-state index in [4.69, 9.17) is 0 Å². The molecular weight excluding hydrogens is 276 g/mol. The number of rotatable bonds is 6. The first-order valence-corrected chi connectivity index (χ1v) is 8.60. The van der Waals surface area contributed by atoms with Gasteiger partial charge in [0.25, 0.3) is 0 Å². The fourth-order valence-electron chi connectivity index (χ4n) is 2.78. The van der Waals surface area contributed by atoms with Crippen molar-refractivity contribution in [2.24, 2.45) is 0 Å². The van der Waals surface area contributed by atoms with Gasteiger partial charge in [0.15, 0.2) is 0 Å². The van der Waals surface area contributed by atoms with E-state index in [9.17, 15) is 0 Å². The molecule has 0 radical (unpaired) electrons. The van der Waals surface area contributed by atoms with Gasteiger partial charge in [-0.15, -0.1) is 0 Å². The number of thiophene rings is 1. The quantitative estimate of drug-likeness (QED) is 0.639. The van der Waals surface area contributed by atoms with Crippen molar-refractivity contribution in [3.05, 3.63) is 47.3 Å². The van der Waals surface area contributed by atoms with Crippen LogP contribution in [0.2, 0.25) is 0 Å². The van der Waals surface area contributed by atoms with Gasteiger partial charge < -0.3 is 9.47 Å². The molecule has 0 N–H and O–H groups in total. The SMILES string of the molecule is CCN(CC)CCn1ccc2ccc(-c3ccsc3)cc21. The highest BCUT2D eigenvalue weighted by Crippen LogP contribution is 2.26. The summed E-state index contributed by atoms with van der Waals surface area (Å²) >= 11 is 1.75. The average molecular weight is 298 g/mol. The summed E-state index contributed by atoms with van der Waals surface area (Å²) in [5.74, 6) is 0. The van der Waals surface area contributed by atoms with Gasteiger partial charge in [-0.05, 0) is 58.6 Å². The van der Waals surface area contributed by atoms with Crippen LogP contribution in [0.5, 0.6) is 0 Å². The van der Waals surface area contributed by atoms with Crippen LogP contribution in [0.4, 0.5) is 0 Å². The average Bonchev–Trinajstić information content (AvgIpc) is 3.17. The second-order valence-corrected chi connectivity index (χ2v) is 6.10. The van der Waals surface area contributed by atoms with Crippen molar-refractivity contribution in [3.63, 3.8) is 0 Å². The third-order valence-electron chi connectivity index (χ3n) is 4.18. The minimum Gasteiger partial charge on any atom is -0.346 e. The van der Waals surface area contributed by atoms with E-state index >= 15 is 0 Å². The van der Waals surface area contributed by atoms with Gasteiger partial charge in [-0.2, -0.15) is 11.3 Å². The molecule has 0 unspecified atom stereocenters. The summed E-state index contributed by atoms with van der Waals surface area (Å²) in [7, 11) is 0. The predicted octanol–water partition coefficient (Wildman–Crippen LogP) is 4.71. The topological polar surface area (TPSA) is 8.17 Å². The molecule has 110 valence electrons. The van der Waals surface area contributed by atoms with E-state index in [2.05, 4.69) is 70.6 Å². The number of nitrogens with zero attached hydrogens (tertiary/aromatic N) is 2. The Morgan fingerprint density at radius 2 is 1.90 bits per heavy atom. The molecule has 3 heteroatoms. The fourth-order valence-corrected chi connectivity index (χ4v) is 3.44. The third-order valence-corrected chi connectivity index (χ3v) is 4.86. The van der Waals surface area contributed by atoms with Crippen LogP contribution in [0, 0.1) is 0 Å². The molecular formula is C18H22N2S. The first-order valence-electron chi connectivity index (χ1n) is 7.65. The maximum atomic E-state index is 2.47. The van der Waals surface area contributed by atoms with Crippen LogP contribution in [-0.2, 0) is 6.54 Å². The molecule has 2 heterocycles. The van der Waals surface area contributed by atoms with E-state index in [-0.39, 0.29) is 0 Å². The van der Waals surface area contributed by atoms with Crippen LogP contribution in [-0.4, -0.2) is 29.1 Å². The zero-order valence-electron chi connectivity index (χ0n) is 12.7. The van der Waals surface area contributed by atoms with Gasteiger partial charge in [0.2, 0.25) is 0 Å². The molecule has 2 aromatic heterocycles. The molecule has 0 spiro atoms. The van der Waals surface area contributed by atoms with Crippen LogP contribution in [0.1, 0.15) is 13.8 Å².